The largest absolute Gasteiger partial charge is 0.497 e. The van der Waals surface area contributed by atoms with Crippen molar-refractivity contribution in [3.63, 3.8) is 0 Å². The molecular weight excluding hydrogens is 360 g/mol. The summed E-state index contributed by atoms with van der Waals surface area (Å²) < 4.78 is 31.9. The molecule has 1 aromatic heterocycles. The van der Waals surface area contributed by atoms with Crippen LogP contribution in [0.15, 0.2) is 40.6 Å². The summed E-state index contributed by atoms with van der Waals surface area (Å²) in [6, 6.07) is 8.21. The van der Waals surface area contributed by atoms with Crippen LogP contribution in [0.25, 0.3) is 0 Å². The maximum atomic E-state index is 12.7. The topological polar surface area (TPSA) is 66.9 Å². The minimum atomic E-state index is -3.55. The smallest absolute Gasteiger partial charge is 0.254 e. The van der Waals surface area contributed by atoms with Crippen LogP contribution in [-0.2, 0) is 10.0 Å². The van der Waals surface area contributed by atoms with E-state index in [9.17, 15) is 13.2 Å². The number of piperazine rings is 1. The lowest BCUT2D eigenvalue weighted by molar-refractivity contribution is 0.0698. The van der Waals surface area contributed by atoms with Gasteiger partial charge in [0.25, 0.3) is 5.91 Å². The minimum Gasteiger partial charge on any atom is -0.497 e. The van der Waals surface area contributed by atoms with Crippen molar-refractivity contribution >= 4 is 27.3 Å². The third-order valence-corrected chi connectivity index (χ3v) is 6.97. The Balaban J connectivity index is 1.67. The number of thiophene rings is 1. The third kappa shape index (κ3) is 3.70. The number of sulfonamides is 1. The van der Waals surface area contributed by atoms with E-state index < -0.39 is 10.0 Å². The number of ether oxygens (including phenoxy) is 1. The zero-order chi connectivity index (χ0) is 18.0. The molecule has 0 radical (unpaired) electrons. The second-order valence-corrected chi connectivity index (χ2v) is 8.87. The van der Waals surface area contributed by atoms with Crippen molar-refractivity contribution in [3.05, 3.63) is 46.2 Å². The molecule has 1 amide bonds. The number of nitrogens with zero attached hydrogens (tertiary/aromatic N) is 2. The molecule has 2 aromatic rings. The number of methoxy groups -OCH3 is 1. The molecule has 6 nitrogen and oxygen atoms in total. The monoisotopic (exact) mass is 380 g/mol. The van der Waals surface area contributed by atoms with Gasteiger partial charge in [-0.1, -0.05) is 0 Å². The zero-order valence-corrected chi connectivity index (χ0v) is 15.8. The van der Waals surface area contributed by atoms with Crippen LogP contribution in [0.1, 0.15) is 15.2 Å². The first-order chi connectivity index (χ1) is 11.9. The van der Waals surface area contributed by atoms with E-state index in [1.54, 1.807) is 29.2 Å². The predicted molar refractivity (Wildman–Crippen MR) is 96.7 cm³/mol. The molecule has 0 saturated carbocycles. The van der Waals surface area contributed by atoms with Gasteiger partial charge in [-0.15, -0.1) is 11.3 Å². The Bertz CT molecular complexity index is 851. The predicted octanol–water partition coefficient (Wildman–Crippen LogP) is 2.21. The molecule has 0 bridgehead atoms. The van der Waals surface area contributed by atoms with Gasteiger partial charge in [-0.25, -0.2) is 8.42 Å². The van der Waals surface area contributed by atoms with E-state index in [0.717, 1.165) is 4.88 Å². The van der Waals surface area contributed by atoms with E-state index in [1.807, 2.05) is 18.4 Å². The molecule has 1 fully saturated rings. The molecule has 0 atom stereocenters. The molecule has 2 heterocycles. The normalized spacial score (nSPS) is 16.0. The highest BCUT2D eigenvalue weighted by atomic mass is 32.2. The second-order valence-electron chi connectivity index (χ2n) is 5.82. The first-order valence-electron chi connectivity index (χ1n) is 7.90. The van der Waals surface area contributed by atoms with Crippen molar-refractivity contribution in [3.8, 4) is 5.75 Å². The second kappa shape index (κ2) is 7.15. The molecular formula is C17H20N2O4S2. The van der Waals surface area contributed by atoms with Gasteiger partial charge in [0.15, 0.2) is 0 Å². The Morgan fingerprint density at radius 1 is 1.12 bits per heavy atom. The number of benzene rings is 1. The van der Waals surface area contributed by atoms with E-state index in [1.165, 1.54) is 22.8 Å². The average molecular weight is 380 g/mol. The maximum Gasteiger partial charge on any atom is 0.254 e. The molecule has 1 aliphatic rings. The molecule has 1 saturated heterocycles. The molecule has 0 N–H and O–H groups in total. The molecule has 134 valence electrons. The Morgan fingerprint density at radius 2 is 1.76 bits per heavy atom. The van der Waals surface area contributed by atoms with Gasteiger partial charge in [0.2, 0.25) is 10.0 Å². The molecule has 1 aliphatic heterocycles. The molecule has 25 heavy (non-hydrogen) atoms. The molecule has 3 rings (SSSR count). The Kier molecular flexibility index (Phi) is 5.12. The fraction of sp³-hybridized carbons (Fsp3) is 0.353. The van der Waals surface area contributed by atoms with Crippen LogP contribution in [0.3, 0.4) is 0 Å². The van der Waals surface area contributed by atoms with Gasteiger partial charge in [-0.2, -0.15) is 4.31 Å². The van der Waals surface area contributed by atoms with Gasteiger partial charge < -0.3 is 9.64 Å². The summed E-state index contributed by atoms with van der Waals surface area (Å²) in [5, 5.41) is 1.85. The van der Waals surface area contributed by atoms with Gasteiger partial charge in [0.1, 0.15) is 5.75 Å². The van der Waals surface area contributed by atoms with Crippen LogP contribution in [0.2, 0.25) is 0 Å². The van der Waals surface area contributed by atoms with Crippen molar-refractivity contribution in [2.24, 2.45) is 0 Å². The highest BCUT2D eigenvalue weighted by Crippen LogP contribution is 2.22. The molecule has 0 unspecified atom stereocenters. The Hall–Kier alpha value is -1.90. The standard InChI is InChI=1S/C17H20N2O4S2/c1-13-11-14(12-24-13)17(20)18-7-9-19(10-8-18)25(21,22)16-5-3-15(23-2)4-6-16/h3-6,11-12H,7-10H2,1-2H3. The first-order valence-corrected chi connectivity index (χ1v) is 10.2. The van der Waals surface area contributed by atoms with Crippen molar-refractivity contribution < 1.29 is 17.9 Å². The lowest BCUT2D eigenvalue weighted by Crippen LogP contribution is -2.50. The van der Waals surface area contributed by atoms with E-state index in [2.05, 4.69) is 0 Å². The highest BCUT2D eigenvalue weighted by molar-refractivity contribution is 7.89. The van der Waals surface area contributed by atoms with Crippen molar-refractivity contribution in [1.82, 2.24) is 9.21 Å². The number of amides is 1. The summed E-state index contributed by atoms with van der Waals surface area (Å²) in [6.45, 7) is 3.33. The van der Waals surface area contributed by atoms with E-state index in [0.29, 0.717) is 37.5 Å². The fourth-order valence-corrected chi connectivity index (χ4v) is 4.87. The Morgan fingerprint density at radius 3 is 2.28 bits per heavy atom. The lowest BCUT2D eigenvalue weighted by atomic mass is 10.2. The van der Waals surface area contributed by atoms with Crippen molar-refractivity contribution in [1.29, 1.82) is 0 Å². The van der Waals surface area contributed by atoms with E-state index in [4.69, 9.17) is 4.74 Å². The van der Waals surface area contributed by atoms with Gasteiger partial charge >= 0.3 is 0 Å². The van der Waals surface area contributed by atoms with Gasteiger partial charge in [0.05, 0.1) is 17.6 Å². The van der Waals surface area contributed by atoms with Crippen molar-refractivity contribution in [2.75, 3.05) is 33.3 Å². The summed E-state index contributed by atoms with van der Waals surface area (Å²) in [5.41, 5.74) is 0.675. The molecule has 1 aromatic carbocycles. The highest BCUT2D eigenvalue weighted by Gasteiger charge is 2.30. The number of rotatable bonds is 4. The summed E-state index contributed by atoms with van der Waals surface area (Å²) >= 11 is 1.54. The van der Waals surface area contributed by atoms with Crippen LogP contribution < -0.4 is 4.74 Å². The number of carbonyl (C=O) groups is 1. The number of carbonyl (C=O) groups excluding carboxylic acids is 1. The van der Waals surface area contributed by atoms with Crippen LogP contribution in [-0.4, -0.2) is 56.8 Å². The van der Waals surface area contributed by atoms with Gasteiger partial charge in [-0.05, 0) is 37.3 Å². The zero-order valence-electron chi connectivity index (χ0n) is 14.1. The van der Waals surface area contributed by atoms with Crippen LogP contribution in [0.4, 0.5) is 0 Å². The number of aryl methyl sites for hydroxylation is 1. The minimum absolute atomic E-state index is 0.0363. The van der Waals surface area contributed by atoms with Gasteiger partial charge in [-0.3, -0.25) is 4.79 Å². The number of hydrogen-bond acceptors (Lipinski definition) is 5. The lowest BCUT2D eigenvalue weighted by Gasteiger charge is -2.33. The summed E-state index contributed by atoms with van der Waals surface area (Å²) in [6.07, 6.45) is 0. The quantitative estimate of drug-likeness (QED) is 0.816. The average Bonchev–Trinajstić information content (AvgIpc) is 3.07. The van der Waals surface area contributed by atoms with E-state index >= 15 is 0 Å². The summed E-state index contributed by atoms with van der Waals surface area (Å²) in [5.74, 6) is 0.575. The summed E-state index contributed by atoms with van der Waals surface area (Å²) in [7, 11) is -2.02. The fourth-order valence-electron chi connectivity index (χ4n) is 2.77. The maximum absolute atomic E-state index is 12.7. The Labute approximate surface area is 151 Å². The van der Waals surface area contributed by atoms with Gasteiger partial charge in [0, 0.05) is 36.4 Å². The van der Waals surface area contributed by atoms with Crippen LogP contribution >= 0.6 is 11.3 Å². The SMILES string of the molecule is COc1ccc(S(=O)(=O)N2CCN(C(=O)c3csc(C)c3)CC2)cc1. The number of hydrogen-bond donors (Lipinski definition) is 0. The van der Waals surface area contributed by atoms with E-state index in [-0.39, 0.29) is 10.8 Å². The third-order valence-electron chi connectivity index (χ3n) is 4.20. The molecule has 8 heteroatoms. The summed E-state index contributed by atoms with van der Waals surface area (Å²) in [4.78, 5) is 15.5. The molecule has 0 aliphatic carbocycles. The van der Waals surface area contributed by atoms with Crippen LogP contribution in [0.5, 0.6) is 5.75 Å². The van der Waals surface area contributed by atoms with Crippen molar-refractivity contribution in [2.45, 2.75) is 11.8 Å². The van der Waals surface area contributed by atoms with Crippen LogP contribution in [0, 0.1) is 6.92 Å². The molecule has 0 spiro atoms. The first kappa shape index (κ1) is 17.9.